The summed E-state index contributed by atoms with van der Waals surface area (Å²) in [6.45, 7) is 2.95. The smallest absolute Gasteiger partial charge is 0.418 e. The number of hydrogen-bond donors (Lipinski definition) is 1. The molecule has 1 fully saturated rings. The first-order valence-corrected chi connectivity index (χ1v) is 9.71. The average molecular weight is 500 g/mol. The van der Waals surface area contributed by atoms with E-state index in [4.69, 9.17) is 10.5 Å². The number of carbonyl (C=O) groups excluding carboxylic acids is 3. The minimum atomic E-state index is -5.09. The van der Waals surface area contributed by atoms with Gasteiger partial charge in [-0.2, -0.15) is 31.4 Å². The number of nitrogens with two attached hydrogens (primary N) is 1. The van der Waals surface area contributed by atoms with Gasteiger partial charge in [0.25, 0.3) is 0 Å². The maximum atomic E-state index is 13.7. The predicted octanol–water partition coefficient (Wildman–Crippen LogP) is 3.13. The molecule has 2 atom stereocenters. The van der Waals surface area contributed by atoms with E-state index in [2.05, 4.69) is 14.9 Å². The third-order valence-corrected chi connectivity index (χ3v) is 4.97. The first-order chi connectivity index (χ1) is 15.3. The van der Waals surface area contributed by atoms with Crippen molar-refractivity contribution in [2.24, 2.45) is 11.3 Å². The summed E-state index contributed by atoms with van der Waals surface area (Å²) >= 11 is 0. The van der Waals surface area contributed by atoms with Gasteiger partial charge in [-0.25, -0.2) is 9.69 Å². The molecule has 0 bridgehead atoms. The van der Waals surface area contributed by atoms with Crippen molar-refractivity contribution in [3.05, 3.63) is 17.3 Å². The number of nitrogens with zero attached hydrogens (tertiary/aromatic N) is 3. The summed E-state index contributed by atoms with van der Waals surface area (Å²) in [6, 6.07) is 0.369. The number of likely N-dealkylation sites (tertiary alicyclic amines) is 1. The van der Waals surface area contributed by atoms with Crippen LogP contribution in [0.15, 0.2) is 6.07 Å². The fourth-order valence-electron chi connectivity index (χ4n) is 3.51. The molecule has 2 amide bonds. The zero-order valence-electron chi connectivity index (χ0n) is 18.5. The van der Waals surface area contributed by atoms with Crippen molar-refractivity contribution in [2.45, 2.75) is 51.6 Å². The number of hydrogen-bond acceptors (Lipinski definition) is 8. The fourth-order valence-corrected chi connectivity index (χ4v) is 3.51. The van der Waals surface area contributed by atoms with Gasteiger partial charge >= 0.3 is 24.4 Å². The second-order valence-electron chi connectivity index (χ2n) is 8.72. The summed E-state index contributed by atoms with van der Waals surface area (Å²) in [5.74, 6) is -6.21. The molecular formula is C19H22F6N4O5. The number of esters is 1. The Kier molecular flexibility index (Phi) is 7.10. The molecule has 1 aliphatic heterocycles. The number of rotatable bonds is 3. The van der Waals surface area contributed by atoms with Gasteiger partial charge in [-0.05, 0) is 33.3 Å². The normalized spacial score (nSPS) is 21.9. The number of methoxy groups -OCH3 is 1. The molecular weight excluding hydrogens is 478 g/mol. The molecule has 0 saturated carbocycles. The number of carbonyl (C=O) groups is 3. The van der Waals surface area contributed by atoms with E-state index in [1.165, 1.54) is 20.8 Å². The lowest BCUT2D eigenvalue weighted by atomic mass is 9.71. The highest BCUT2D eigenvalue weighted by Gasteiger charge is 2.61. The van der Waals surface area contributed by atoms with E-state index < -0.39 is 83.7 Å². The van der Waals surface area contributed by atoms with Crippen molar-refractivity contribution in [3.63, 3.8) is 0 Å². The molecule has 9 nitrogen and oxygen atoms in total. The van der Waals surface area contributed by atoms with E-state index in [1.54, 1.807) is 0 Å². The van der Waals surface area contributed by atoms with Crippen molar-refractivity contribution in [3.8, 4) is 0 Å². The van der Waals surface area contributed by atoms with Crippen LogP contribution >= 0.6 is 0 Å². The van der Waals surface area contributed by atoms with E-state index in [-0.39, 0.29) is 4.90 Å². The number of anilines is 1. The molecule has 1 aromatic heterocycles. The molecule has 0 radical (unpaired) electrons. The van der Waals surface area contributed by atoms with E-state index >= 15 is 0 Å². The summed E-state index contributed by atoms with van der Waals surface area (Å²) in [5, 5.41) is 6.55. The lowest BCUT2D eigenvalue weighted by molar-refractivity contribution is -0.204. The van der Waals surface area contributed by atoms with Gasteiger partial charge in [0.05, 0.1) is 24.3 Å². The van der Waals surface area contributed by atoms with Gasteiger partial charge in [0.15, 0.2) is 5.41 Å². The van der Waals surface area contributed by atoms with Crippen LogP contribution in [-0.2, 0) is 31.7 Å². The molecule has 2 heterocycles. The Morgan fingerprint density at radius 1 is 1.18 bits per heavy atom. The Bertz CT molecular complexity index is 975. The van der Waals surface area contributed by atoms with Crippen LogP contribution in [0.4, 0.5) is 37.0 Å². The molecule has 2 N–H and O–H groups in total. The molecule has 1 unspecified atom stereocenters. The number of ether oxygens (including phenoxy) is 2. The van der Waals surface area contributed by atoms with Crippen LogP contribution in [0.1, 0.15) is 38.4 Å². The van der Waals surface area contributed by atoms with Gasteiger partial charge in [0, 0.05) is 13.0 Å². The van der Waals surface area contributed by atoms with Gasteiger partial charge in [0.2, 0.25) is 5.91 Å². The predicted molar refractivity (Wildman–Crippen MR) is 102 cm³/mol. The second kappa shape index (κ2) is 8.91. The Balaban J connectivity index is 2.70. The zero-order valence-corrected chi connectivity index (χ0v) is 18.5. The van der Waals surface area contributed by atoms with Crippen LogP contribution in [0.3, 0.4) is 0 Å². The van der Waals surface area contributed by atoms with Gasteiger partial charge in [0.1, 0.15) is 11.4 Å². The monoisotopic (exact) mass is 500 g/mol. The average Bonchev–Trinajstić information content (AvgIpc) is 2.67. The van der Waals surface area contributed by atoms with Gasteiger partial charge < -0.3 is 15.2 Å². The van der Waals surface area contributed by atoms with Crippen LogP contribution < -0.4 is 5.73 Å². The lowest BCUT2D eigenvalue weighted by Gasteiger charge is -2.42. The molecule has 0 spiro atoms. The van der Waals surface area contributed by atoms with Crippen LogP contribution in [0.5, 0.6) is 0 Å². The highest BCUT2D eigenvalue weighted by atomic mass is 19.4. The van der Waals surface area contributed by atoms with Crippen molar-refractivity contribution >= 4 is 23.8 Å². The maximum absolute atomic E-state index is 13.7. The number of alkyl halides is 6. The van der Waals surface area contributed by atoms with Crippen LogP contribution in [-0.4, -0.2) is 58.5 Å². The molecule has 1 aromatic rings. The number of aromatic nitrogens is 2. The van der Waals surface area contributed by atoms with Crippen LogP contribution in [0.2, 0.25) is 0 Å². The van der Waals surface area contributed by atoms with Crippen LogP contribution in [0.25, 0.3) is 0 Å². The second-order valence-corrected chi connectivity index (χ2v) is 8.72. The summed E-state index contributed by atoms with van der Waals surface area (Å²) in [4.78, 5) is 38.6. The number of piperidine rings is 1. The van der Waals surface area contributed by atoms with E-state index in [0.29, 0.717) is 6.07 Å². The quantitative estimate of drug-likeness (QED) is 0.381. The zero-order chi connectivity index (χ0) is 26.3. The Labute approximate surface area is 189 Å². The van der Waals surface area contributed by atoms with E-state index in [0.717, 1.165) is 7.11 Å². The standard InChI is InChI=1S/C19H22F6N4O5/c1-16(2,3)34-15(32)29-8-9(18(20,21)22)6-17(13(29)30,14(31)33-4)7-11-10(19(23,24)25)5-12(26)28-27-11/h5,9H,6-8H2,1-4H3,(H2,26,28)/t9-,17?/m1/s1. The van der Waals surface area contributed by atoms with Crippen molar-refractivity contribution < 1.29 is 50.2 Å². The lowest BCUT2D eigenvalue weighted by Crippen LogP contribution is -2.61. The summed E-state index contributed by atoms with van der Waals surface area (Å²) in [5.41, 5.74) is -1.39. The SMILES string of the molecule is COC(=O)C1(Cc2nnc(N)cc2C(F)(F)F)C[C@@H](C(F)(F)F)CN(C(=O)OC(C)(C)C)C1=O. The minimum absolute atomic E-state index is 0.0574. The fraction of sp³-hybridized carbons (Fsp3) is 0.632. The van der Waals surface area contributed by atoms with E-state index in [1.807, 2.05) is 0 Å². The number of halogens is 6. The molecule has 15 heteroatoms. The minimum Gasteiger partial charge on any atom is -0.468 e. The van der Waals surface area contributed by atoms with Gasteiger partial charge in [-0.15, -0.1) is 5.10 Å². The molecule has 2 rings (SSSR count). The maximum Gasteiger partial charge on any atom is 0.418 e. The topological polar surface area (TPSA) is 125 Å². The summed E-state index contributed by atoms with van der Waals surface area (Å²) in [6.07, 6.45) is -14.2. The van der Waals surface area contributed by atoms with Crippen molar-refractivity contribution in [1.82, 2.24) is 15.1 Å². The summed E-state index contributed by atoms with van der Waals surface area (Å²) < 4.78 is 91.4. The Hall–Kier alpha value is -3.13. The molecule has 190 valence electrons. The first kappa shape index (κ1) is 27.1. The Morgan fingerprint density at radius 3 is 2.24 bits per heavy atom. The van der Waals surface area contributed by atoms with Gasteiger partial charge in [-0.3, -0.25) is 9.59 Å². The molecule has 1 saturated heterocycles. The molecule has 34 heavy (non-hydrogen) atoms. The van der Waals surface area contributed by atoms with Gasteiger partial charge in [-0.1, -0.05) is 0 Å². The largest absolute Gasteiger partial charge is 0.468 e. The van der Waals surface area contributed by atoms with Crippen molar-refractivity contribution in [2.75, 3.05) is 19.4 Å². The molecule has 0 aromatic carbocycles. The highest BCUT2D eigenvalue weighted by molar-refractivity contribution is 6.08. The molecule has 1 aliphatic rings. The number of imide groups is 1. The van der Waals surface area contributed by atoms with E-state index in [9.17, 15) is 40.7 Å². The molecule has 0 aliphatic carbocycles. The van der Waals surface area contributed by atoms with Crippen LogP contribution in [0, 0.1) is 11.3 Å². The Morgan fingerprint density at radius 2 is 1.76 bits per heavy atom. The van der Waals surface area contributed by atoms with Crippen molar-refractivity contribution in [1.29, 1.82) is 0 Å². The third-order valence-electron chi connectivity index (χ3n) is 4.97. The highest BCUT2D eigenvalue weighted by Crippen LogP contribution is 2.46. The summed E-state index contributed by atoms with van der Waals surface area (Å²) in [7, 11) is 0.742. The first-order valence-electron chi connectivity index (χ1n) is 9.71. The third kappa shape index (κ3) is 5.67. The number of nitrogen functional groups attached to an aromatic ring is 1. The number of amides is 2.